The minimum atomic E-state index is -2.65. The van der Waals surface area contributed by atoms with Gasteiger partial charge < -0.3 is 10.1 Å². The first-order chi connectivity index (χ1) is 11.1. The number of aromatic nitrogens is 2. The van der Waals surface area contributed by atoms with Gasteiger partial charge in [0.2, 0.25) is 5.91 Å². The highest BCUT2D eigenvalue weighted by Gasteiger charge is 2.29. The number of rotatable bonds is 6. The maximum Gasteiger partial charge on any atom is 0.280 e. The van der Waals surface area contributed by atoms with E-state index < -0.39 is 12.3 Å². The molecule has 1 aliphatic carbocycles. The predicted molar refractivity (Wildman–Crippen MR) is 80.8 cm³/mol. The third kappa shape index (κ3) is 3.67. The molecule has 0 unspecified atom stereocenters. The third-order valence-corrected chi connectivity index (χ3v) is 3.70. The molecule has 0 bridgehead atoms. The van der Waals surface area contributed by atoms with Crippen LogP contribution in [0.4, 0.5) is 14.5 Å². The number of methoxy groups -OCH3 is 1. The normalized spacial score (nSPS) is 14.1. The second-order valence-corrected chi connectivity index (χ2v) is 5.51. The second-order valence-electron chi connectivity index (χ2n) is 5.51. The quantitative estimate of drug-likeness (QED) is 0.888. The van der Waals surface area contributed by atoms with Crippen molar-refractivity contribution in [1.82, 2.24) is 9.78 Å². The topological polar surface area (TPSA) is 56.1 Å². The van der Waals surface area contributed by atoms with Crippen LogP contribution in [0.25, 0.3) is 0 Å². The molecule has 0 atom stereocenters. The van der Waals surface area contributed by atoms with Gasteiger partial charge in [0.25, 0.3) is 6.43 Å². The number of halogens is 2. The van der Waals surface area contributed by atoms with Gasteiger partial charge in [0, 0.05) is 17.7 Å². The molecule has 0 saturated heterocycles. The fourth-order valence-corrected chi connectivity index (χ4v) is 2.37. The van der Waals surface area contributed by atoms with Crippen molar-refractivity contribution >= 4 is 11.6 Å². The number of alkyl halides is 2. The highest BCUT2D eigenvalue weighted by Crippen LogP contribution is 2.40. The molecule has 1 heterocycles. The standard InChI is InChI=1S/C16H17F2N3O2/c1-23-12-4-2-3-11(7-12)19-15(22)9-21-14(16(17)18)8-13(20-21)10-5-6-10/h2-4,7-8,10,16H,5-6,9H2,1H3,(H,19,22). The van der Waals surface area contributed by atoms with Crippen molar-refractivity contribution in [3.63, 3.8) is 0 Å². The van der Waals surface area contributed by atoms with Gasteiger partial charge in [0.15, 0.2) is 0 Å². The van der Waals surface area contributed by atoms with E-state index in [0.717, 1.165) is 17.5 Å². The summed E-state index contributed by atoms with van der Waals surface area (Å²) in [5.74, 6) is 0.451. The summed E-state index contributed by atoms with van der Waals surface area (Å²) in [6.07, 6.45) is -0.717. The largest absolute Gasteiger partial charge is 0.497 e. The van der Waals surface area contributed by atoms with Gasteiger partial charge in [-0.2, -0.15) is 5.10 Å². The van der Waals surface area contributed by atoms with Crippen molar-refractivity contribution in [2.24, 2.45) is 0 Å². The molecule has 1 fully saturated rings. The molecule has 2 aromatic rings. The van der Waals surface area contributed by atoms with E-state index in [-0.39, 0.29) is 18.2 Å². The lowest BCUT2D eigenvalue weighted by Gasteiger charge is -2.09. The summed E-state index contributed by atoms with van der Waals surface area (Å²) < 4.78 is 32.3. The molecule has 1 aliphatic rings. The summed E-state index contributed by atoms with van der Waals surface area (Å²) in [4.78, 5) is 12.1. The molecule has 1 N–H and O–H groups in total. The van der Waals surface area contributed by atoms with Crippen LogP contribution in [0, 0.1) is 0 Å². The highest BCUT2D eigenvalue weighted by atomic mass is 19.3. The van der Waals surface area contributed by atoms with Gasteiger partial charge in [-0.05, 0) is 31.0 Å². The number of benzene rings is 1. The Kier molecular flexibility index (Phi) is 4.27. The number of nitrogens with zero attached hydrogens (tertiary/aromatic N) is 2. The SMILES string of the molecule is COc1cccc(NC(=O)Cn2nc(C3CC3)cc2C(F)F)c1. The Labute approximate surface area is 132 Å². The van der Waals surface area contributed by atoms with Crippen molar-refractivity contribution in [3.8, 4) is 5.75 Å². The Morgan fingerprint density at radius 2 is 2.22 bits per heavy atom. The zero-order chi connectivity index (χ0) is 16.4. The number of hydrogen-bond acceptors (Lipinski definition) is 3. The molecule has 3 rings (SSSR count). The summed E-state index contributed by atoms with van der Waals surface area (Å²) >= 11 is 0. The number of ether oxygens (including phenoxy) is 1. The first kappa shape index (κ1) is 15.5. The van der Waals surface area contributed by atoms with E-state index in [0.29, 0.717) is 17.1 Å². The van der Waals surface area contributed by atoms with Crippen molar-refractivity contribution in [3.05, 3.63) is 41.7 Å². The van der Waals surface area contributed by atoms with Crippen LogP contribution in [0.5, 0.6) is 5.75 Å². The number of carbonyl (C=O) groups excluding carboxylic acids is 1. The Balaban J connectivity index is 1.71. The number of carbonyl (C=O) groups is 1. The number of hydrogen-bond donors (Lipinski definition) is 1. The lowest BCUT2D eigenvalue weighted by atomic mass is 10.3. The molecule has 23 heavy (non-hydrogen) atoms. The van der Waals surface area contributed by atoms with E-state index in [4.69, 9.17) is 4.74 Å². The summed E-state index contributed by atoms with van der Waals surface area (Å²) in [5.41, 5.74) is 0.977. The summed E-state index contributed by atoms with van der Waals surface area (Å²) in [6.45, 7) is -0.246. The Hall–Kier alpha value is -2.44. The number of amides is 1. The van der Waals surface area contributed by atoms with Gasteiger partial charge in [-0.15, -0.1) is 0 Å². The first-order valence-corrected chi connectivity index (χ1v) is 7.36. The van der Waals surface area contributed by atoms with E-state index in [1.165, 1.54) is 13.2 Å². The van der Waals surface area contributed by atoms with E-state index in [1.807, 2.05) is 0 Å². The molecule has 1 amide bonds. The van der Waals surface area contributed by atoms with E-state index >= 15 is 0 Å². The van der Waals surface area contributed by atoms with Crippen LogP contribution in [0.15, 0.2) is 30.3 Å². The van der Waals surface area contributed by atoms with Gasteiger partial charge in [-0.25, -0.2) is 8.78 Å². The van der Waals surface area contributed by atoms with Crippen molar-refractivity contribution in [2.75, 3.05) is 12.4 Å². The molecule has 1 saturated carbocycles. The zero-order valence-electron chi connectivity index (χ0n) is 12.6. The highest BCUT2D eigenvalue weighted by molar-refractivity contribution is 5.90. The molecular formula is C16H17F2N3O2. The van der Waals surface area contributed by atoms with Crippen LogP contribution in [-0.4, -0.2) is 22.8 Å². The lowest BCUT2D eigenvalue weighted by Crippen LogP contribution is -2.21. The number of nitrogens with one attached hydrogen (secondary N) is 1. The molecular weight excluding hydrogens is 304 g/mol. The van der Waals surface area contributed by atoms with E-state index in [2.05, 4.69) is 10.4 Å². The van der Waals surface area contributed by atoms with Crippen LogP contribution >= 0.6 is 0 Å². The maximum absolute atomic E-state index is 13.1. The van der Waals surface area contributed by atoms with Gasteiger partial charge in [0.05, 0.1) is 12.8 Å². The second kappa shape index (κ2) is 6.36. The average molecular weight is 321 g/mol. The fourth-order valence-electron chi connectivity index (χ4n) is 2.37. The maximum atomic E-state index is 13.1. The first-order valence-electron chi connectivity index (χ1n) is 7.36. The lowest BCUT2D eigenvalue weighted by molar-refractivity contribution is -0.117. The minimum Gasteiger partial charge on any atom is -0.497 e. The van der Waals surface area contributed by atoms with Crippen LogP contribution in [0.3, 0.4) is 0 Å². The van der Waals surface area contributed by atoms with Crippen LogP contribution in [0.2, 0.25) is 0 Å². The van der Waals surface area contributed by atoms with Crippen LogP contribution < -0.4 is 10.1 Å². The summed E-state index contributed by atoms with van der Waals surface area (Å²) in [7, 11) is 1.53. The smallest absolute Gasteiger partial charge is 0.280 e. The molecule has 5 nitrogen and oxygen atoms in total. The van der Waals surface area contributed by atoms with Crippen LogP contribution in [0.1, 0.15) is 36.6 Å². The zero-order valence-corrected chi connectivity index (χ0v) is 12.6. The van der Waals surface area contributed by atoms with Crippen molar-refractivity contribution < 1.29 is 18.3 Å². The summed E-state index contributed by atoms with van der Waals surface area (Å²) in [6, 6.07) is 8.25. The molecule has 1 aromatic carbocycles. The summed E-state index contributed by atoms with van der Waals surface area (Å²) in [5, 5.41) is 6.82. The van der Waals surface area contributed by atoms with E-state index in [9.17, 15) is 13.6 Å². The van der Waals surface area contributed by atoms with Gasteiger partial charge >= 0.3 is 0 Å². The fraction of sp³-hybridized carbons (Fsp3) is 0.375. The monoisotopic (exact) mass is 321 g/mol. The number of anilines is 1. The molecule has 1 aromatic heterocycles. The Morgan fingerprint density at radius 3 is 2.87 bits per heavy atom. The molecule has 0 spiro atoms. The van der Waals surface area contributed by atoms with Gasteiger partial charge in [-0.3, -0.25) is 9.48 Å². The minimum absolute atomic E-state index is 0.215. The van der Waals surface area contributed by atoms with E-state index in [1.54, 1.807) is 24.3 Å². The molecule has 0 radical (unpaired) electrons. The third-order valence-electron chi connectivity index (χ3n) is 3.70. The predicted octanol–water partition coefficient (Wildman–Crippen LogP) is 3.35. The van der Waals surface area contributed by atoms with Crippen LogP contribution in [-0.2, 0) is 11.3 Å². The van der Waals surface area contributed by atoms with Gasteiger partial charge in [-0.1, -0.05) is 6.07 Å². The average Bonchev–Trinajstić information content (AvgIpc) is 3.28. The van der Waals surface area contributed by atoms with Gasteiger partial charge in [0.1, 0.15) is 18.0 Å². The molecule has 7 heteroatoms. The van der Waals surface area contributed by atoms with Crippen molar-refractivity contribution in [2.45, 2.75) is 31.7 Å². The van der Waals surface area contributed by atoms with Crippen molar-refractivity contribution in [1.29, 1.82) is 0 Å². The molecule has 0 aliphatic heterocycles. The Bertz CT molecular complexity index is 711. The Morgan fingerprint density at radius 1 is 1.43 bits per heavy atom. The molecule has 122 valence electrons.